The van der Waals surface area contributed by atoms with Crippen LogP contribution in [0.25, 0.3) is 0 Å². The van der Waals surface area contributed by atoms with E-state index in [-0.39, 0.29) is 6.16 Å². The van der Waals surface area contributed by atoms with Crippen LogP contribution in [0, 0.1) is 0 Å². The largest absolute Gasteiger partial charge is 0.524 e. The lowest BCUT2D eigenvalue weighted by atomic mass is 10.2. The zero-order valence-corrected chi connectivity index (χ0v) is 12.2. The highest BCUT2D eigenvalue weighted by Crippen LogP contribution is 2.25. The van der Waals surface area contributed by atoms with Gasteiger partial charge in [-0.1, -0.05) is 0 Å². The van der Waals surface area contributed by atoms with Gasteiger partial charge in [-0.05, 0) is 22.0 Å². The molecule has 0 heterocycles. The molecule has 9 heteroatoms. The van der Waals surface area contributed by atoms with Crippen molar-refractivity contribution < 1.29 is 18.9 Å². The SMILES string of the molecule is NCCNCCNC(CCCC[P+](=O)O)[P+](=O)O. The molecule has 0 saturated heterocycles. The van der Waals surface area contributed by atoms with E-state index in [2.05, 4.69) is 10.6 Å². The van der Waals surface area contributed by atoms with Gasteiger partial charge in [-0.3, -0.25) is 5.32 Å². The fraction of sp³-hybridized carbons (Fsp3) is 1.00. The smallest absolute Gasteiger partial charge is 0.329 e. The molecule has 0 fully saturated rings. The quantitative estimate of drug-likeness (QED) is 0.255. The van der Waals surface area contributed by atoms with Gasteiger partial charge in [0.15, 0.2) is 6.16 Å². The van der Waals surface area contributed by atoms with Gasteiger partial charge in [0.05, 0.1) is 0 Å². The minimum absolute atomic E-state index is 0.252. The van der Waals surface area contributed by atoms with E-state index in [0.29, 0.717) is 38.9 Å². The first-order chi connectivity index (χ1) is 8.57. The van der Waals surface area contributed by atoms with Crippen LogP contribution in [0.5, 0.6) is 0 Å². The van der Waals surface area contributed by atoms with E-state index < -0.39 is 21.8 Å². The Labute approximate surface area is 109 Å². The molecule has 0 aliphatic rings. The Hall–Kier alpha value is -0.0000000000000000486. The first-order valence-electron chi connectivity index (χ1n) is 6.01. The number of nitrogens with two attached hydrogens (primary N) is 1. The van der Waals surface area contributed by atoms with Crippen LogP contribution in [-0.4, -0.2) is 47.9 Å². The van der Waals surface area contributed by atoms with Crippen molar-refractivity contribution in [1.29, 1.82) is 0 Å². The maximum Gasteiger partial charge on any atom is 0.524 e. The summed E-state index contributed by atoms with van der Waals surface area (Å²) in [6.07, 6.45) is 2.05. The highest BCUT2D eigenvalue weighted by Gasteiger charge is 2.27. The summed E-state index contributed by atoms with van der Waals surface area (Å²) in [6.45, 7) is 2.58. The van der Waals surface area contributed by atoms with Gasteiger partial charge >= 0.3 is 16.1 Å². The van der Waals surface area contributed by atoms with Crippen LogP contribution in [0.2, 0.25) is 0 Å². The highest BCUT2D eigenvalue weighted by molar-refractivity contribution is 7.38. The van der Waals surface area contributed by atoms with E-state index >= 15 is 0 Å². The Morgan fingerprint density at radius 2 is 1.83 bits per heavy atom. The number of hydrogen-bond acceptors (Lipinski definition) is 5. The topological polar surface area (TPSA) is 125 Å². The third-order valence-corrected chi connectivity index (χ3v) is 4.02. The highest BCUT2D eigenvalue weighted by atomic mass is 31.1. The van der Waals surface area contributed by atoms with Crippen molar-refractivity contribution in [2.24, 2.45) is 5.73 Å². The third-order valence-electron chi connectivity index (χ3n) is 2.35. The molecular formula is C9H23N3O4P2+2. The van der Waals surface area contributed by atoms with Crippen molar-refractivity contribution >= 4 is 16.1 Å². The van der Waals surface area contributed by atoms with Gasteiger partial charge in [0, 0.05) is 32.6 Å². The summed E-state index contributed by atoms with van der Waals surface area (Å²) in [6, 6.07) is 0. The first-order valence-corrected chi connectivity index (χ1v) is 8.68. The van der Waals surface area contributed by atoms with Crippen molar-refractivity contribution in [2.75, 3.05) is 32.3 Å². The van der Waals surface area contributed by atoms with E-state index in [4.69, 9.17) is 15.5 Å². The predicted molar refractivity (Wildman–Crippen MR) is 72.1 cm³/mol. The fourth-order valence-electron chi connectivity index (χ4n) is 1.43. The van der Waals surface area contributed by atoms with Crippen molar-refractivity contribution in [3.8, 4) is 0 Å². The van der Waals surface area contributed by atoms with Crippen LogP contribution in [0.1, 0.15) is 19.3 Å². The van der Waals surface area contributed by atoms with Gasteiger partial charge in [0.25, 0.3) is 0 Å². The summed E-state index contributed by atoms with van der Waals surface area (Å²) in [4.78, 5) is 17.7. The molecule has 6 N–H and O–H groups in total. The van der Waals surface area contributed by atoms with Gasteiger partial charge in [-0.25, -0.2) is 0 Å². The lowest BCUT2D eigenvalue weighted by Crippen LogP contribution is -2.35. The number of hydrogen-bond donors (Lipinski definition) is 5. The Morgan fingerprint density at radius 3 is 2.39 bits per heavy atom. The minimum atomic E-state index is -2.27. The molecule has 0 amide bonds. The predicted octanol–water partition coefficient (Wildman–Crippen LogP) is 0.0901. The van der Waals surface area contributed by atoms with Crippen molar-refractivity contribution in [2.45, 2.75) is 25.0 Å². The molecule has 0 radical (unpaired) electrons. The van der Waals surface area contributed by atoms with Crippen LogP contribution < -0.4 is 16.4 Å². The molecule has 0 aliphatic heterocycles. The molecule has 3 unspecified atom stereocenters. The summed E-state index contributed by atoms with van der Waals surface area (Å²) in [5.41, 5.74) is 5.31. The second kappa shape index (κ2) is 12.1. The fourth-order valence-corrected chi connectivity index (χ4v) is 2.61. The molecule has 0 rings (SSSR count). The first kappa shape index (κ1) is 18.0. The van der Waals surface area contributed by atoms with Gasteiger partial charge < -0.3 is 11.1 Å². The maximum absolute atomic E-state index is 11.1. The van der Waals surface area contributed by atoms with Crippen LogP contribution in [0.3, 0.4) is 0 Å². The number of nitrogens with one attached hydrogen (secondary N) is 2. The molecule has 0 aromatic heterocycles. The van der Waals surface area contributed by atoms with E-state index in [9.17, 15) is 9.13 Å². The molecule has 106 valence electrons. The van der Waals surface area contributed by atoms with Crippen LogP contribution in [0.4, 0.5) is 0 Å². The van der Waals surface area contributed by atoms with Gasteiger partial charge in [0.1, 0.15) is 0 Å². The number of unbranched alkanes of at least 4 members (excludes halogenated alkanes) is 1. The molecule has 0 bridgehead atoms. The summed E-state index contributed by atoms with van der Waals surface area (Å²) in [5, 5.41) is 6.07. The van der Waals surface area contributed by atoms with E-state index in [1.54, 1.807) is 0 Å². The standard InChI is InChI=1S/C9H21N3O4P2/c10-4-5-11-6-7-12-9(18(15)16)3-1-2-8-17(13)14/h9,11-12H,1-8,10H2/p+2. The monoisotopic (exact) mass is 299 g/mol. The lowest BCUT2D eigenvalue weighted by Gasteiger charge is -2.07. The second-order valence-corrected chi connectivity index (χ2v) is 6.26. The molecule has 0 saturated carbocycles. The molecule has 0 aliphatic carbocycles. The Bertz CT molecular complexity index is 256. The average Bonchev–Trinajstić information content (AvgIpc) is 2.30. The van der Waals surface area contributed by atoms with E-state index in [1.807, 2.05) is 0 Å². The zero-order chi connectivity index (χ0) is 13.8. The summed E-state index contributed by atoms with van der Waals surface area (Å²) in [5.74, 6) is -0.448. The molecule has 0 aromatic carbocycles. The number of rotatable bonds is 12. The molecule has 7 nitrogen and oxygen atoms in total. The summed E-state index contributed by atoms with van der Waals surface area (Å²) in [7, 11) is -4.36. The third kappa shape index (κ3) is 11.1. The Balaban J connectivity index is 3.65. The second-order valence-electron chi connectivity index (χ2n) is 3.88. The zero-order valence-electron chi connectivity index (χ0n) is 10.4. The maximum atomic E-state index is 11.1. The minimum Gasteiger partial charge on any atom is -0.329 e. The molecular weight excluding hydrogens is 276 g/mol. The van der Waals surface area contributed by atoms with Crippen molar-refractivity contribution in [3.63, 3.8) is 0 Å². The van der Waals surface area contributed by atoms with Crippen LogP contribution in [0.15, 0.2) is 0 Å². The van der Waals surface area contributed by atoms with E-state index in [1.165, 1.54) is 0 Å². The molecule has 0 aromatic rings. The molecule has 0 spiro atoms. The normalized spacial score (nSPS) is 14.4. The van der Waals surface area contributed by atoms with Crippen molar-refractivity contribution in [3.05, 3.63) is 0 Å². The summed E-state index contributed by atoms with van der Waals surface area (Å²) >= 11 is 0. The van der Waals surface area contributed by atoms with Gasteiger partial charge in [-0.2, -0.15) is 9.79 Å². The van der Waals surface area contributed by atoms with Gasteiger partial charge in [-0.15, -0.1) is 0 Å². The van der Waals surface area contributed by atoms with Crippen LogP contribution in [-0.2, 0) is 9.13 Å². The Kier molecular flexibility index (Phi) is 12.1. The molecule has 18 heavy (non-hydrogen) atoms. The van der Waals surface area contributed by atoms with E-state index in [0.717, 1.165) is 6.54 Å². The van der Waals surface area contributed by atoms with Crippen LogP contribution >= 0.6 is 16.1 Å². The lowest BCUT2D eigenvalue weighted by molar-refractivity contribution is 0.454. The average molecular weight is 299 g/mol. The van der Waals surface area contributed by atoms with Crippen molar-refractivity contribution in [1.82, 2.24) is 10.6 Å². The molecule has 3 atom stereocenters. The summed E-state index contributed by atoms with van der Waals surface area (Å²) < 4.78 is 21.5. The van der Waals surface area contributed by atoms with Gasteiger partial charge in [0.2, 0.25) is 5.78 Å². The Morgan fingerprint density at radius 1 is 1.11 bits per heavy atom.